The molecule has 0 bridgehead atoms. The van der Waals surface area contributed by atoms with Crippen LogP contribution in [-0.2, 0) is 15.7 Å². The van der Waals surface area contributed by atoms with Crippen molar-refractivity contribution >= 4 is 35.2 Å². The number of rotatable bonds is 3. The Bertz CT molecular complexity index is 1330. The molecule has 0 N–H and O–H groups in total. The predicted molar refractivity (Wildman–Crippen MR) is 115 cm³/mol. The Kier molecular flexibility index (Phi) is 5.50. The maximum absolute atomic E-state index is 13.8. The van der Waals surface area contributed by atoms with Gasteiger partial charge in [-0.15, -0.1) is 0 Å². The lowest BCUT2D eigenvalue weighted by Gasteiger charge is -2.34. The largest absolute Gasteiger partial charge is 0.472 e. The first-order valence-electron chi connectivity index (χ1n) is 10.7. The van der Waals surface area contributed by atoms with Crippen molar-refractivity contribution in [3.8, 4) is 11.1 Å². The van der Waals surface area contributed by atoms with Gasteiger partial charge in [0.15, 0.2) is 17.4 Å². The van der Waals surface area contributed by atoms with Gasteiger partial charge in [0.2, 0.25) is 0 Å². The van der Waals surface area contributed by atoms with Gasteiger partial charge in [-0.25, -0.2) is 14.7 Å². The molecule has 3 aromatic heterocycles. The number of likely N-dealkylation sites (tertiary alicyclic amines) is 1. The summed E-state index contributed by atoms with van der Waals surface area (Å²) in [7, 11) is 0. The summed E-state index contributed by atoms with van der Waals surface area (Å²) in [6.07, 6.45) is -1.74. The van der Waals surface area contributed by atoms with Crippen LogP contribution >= 0.6 is 11.6 Å². The molecule has 2 saturated heterocycles. The van der Waals surface area contributed by atoms with Gasteiger partial charge >= 0.3 is 12.3 Å². The summed E-state index contributed by atoms with van der Waals surface area (Å²) in [5.41, 5.74) is -1.26. The third kappa shape index (κ3) is 3.91. The minimum absolute atomic E-state index is 0.158. The second-order valence-corrected chi connectivity index (χ2v) is 8.71. The third-order valence-electron chi connectivity index (χ3n) is 6.20. The van der Waals surface area contributed by atoms with Crippen LogP contribution in [-0.4, -0.2) is 62.3 Å². The predicted octanol–water partition coefficient (Wildman–Crippen LogP) is 4.24. The van der Waals surface area contributed by atoms with E-state index in [1.165, 1.54) is 36.6 Å². The number of hydrogen-bond acceptors (Lipinski definition) is 6. The lowest BCUT2D eigenvalue weighted by Crippen LogP contribution is -2.49. The highest BCUT2D eigenvalue weighted by Gasteiger charge is 2.43. The summed E-state index contributed by atoms with van der Waals surface area (Å²) in [5.74, 6) is -1.07. The first-order chi connectivity index (χ1) is 16.6. The molecular formula is C22H18ClF3N4O5. The molecule has 3 amide bonds. The van der Waals surface area contributed by atoms with Crippen LogP contribution in [0.4, 0.5) is 18.0 Å². The van der Waals surface area contributed by atoms with E-state index >= 15 is 0 Å². The van der Waals surface area contributed by atoms with Gasteiger partial charge in [-0.3, -0.25) is 14.0 Å². The SMILES string of the molecule is CC1OC(=O)N(C2CCN(C(=O)c3nc4c(C(F)(F)F)cc(-c5ccoc5)cn4c3Cl)CC2)C1=O. The Morgan fingerprint density at radius 3 is 2.49 bits per heavy atom. The lowest BCUT2D eigenvalue weighted by molar-refractivity contribution is -0.136. The van der Waals surface area contributed by atoms with E-state index in [0.29, 0.717) is 18.4 Å². The second-order valence-electron chi connectivity index (χ2n) is 8.35. The number of nitrogens with zero attached hydrogens (tertiary/aromatic N) is 4. The van der Waals surface area contributed by atoms with Crippen molar-refractivity contribution in [2.75, 3.05) is 13.1 Å². The van der Waals surface area contributed by atoms with Crippen LogP contribution in [0.2, 0.25) is 5.15 Å². The molecule has 0 aromatic carbocycles. The molecule has 5 heterocycles. The molecule has 35 heavy (non-hydrogen) atoms. The fourth-order valence-electron chi connectivity index (χ4n) is 4.40. The molecule has 13 heteroatoms. The number of carbonyl (C=O) groups excluding carboxylic acids is 3. The Morgan fingerprint density at radius 1 is 1.20 bits per heavy atom. The van der Waals surface area contributed by atoms with Gasteiger partial charge in [0.05, 0.1) is 18.1 Å². The Balaban J connectivity index is 1.43. The van der Waals surface area contributed by atoms with Crippen LogP contribution in [0.25, 0.3) is 16.8 Å². The zero-order valence-corrected chi connectivity index (χ0v) is 19.0. The standard InChI is InChI=1S/C22H18ClF3N4O5/c1-11-19(31)30(21(33)35-11)14-2-5-28(6-3-14)20(32)16-17(23)29-9-13(12-4-7-34-10-12)8-15(18(29)27-16)22(24,25)26/h4,7-11,14H,2-3,5-6H2,1H3. The molecule has 0 saturated carbocycles. The van der Waals surface area contributed by atoms with Crippen molar-refractivity contribution in [3.63, 3.8) is 0 Å². The van der Waals surface area contributed by atoms with Crippen molar-refractivity contribution in [1.82, 2.24) is 19.2 Å². The molecule has 5 rings (SSSR count). The summed E-state index contributed by atoms with van der Waals surface area (Å²) in [6.45, 7) is 1.80. The van der Waals surface area contributed by atoms with Crippen LogP contribution in [0.3, 0.4) is 0 Å². The van der Waals surface area contributed by atoms with E-state index in [-0.39, 0.29) is 29.5 Å². The number of carbonyl (C=O) groups is 3. The fourth-order valence-corrected chi connectivity index (χ4v) is 4.65. The first-order valence-corrected chi connectivity index (χ1v) is 11.1. The average molecular weight is 511 g/mol. The maximum Gasteiger partial charge on any atom is 0.420 e. The minimum atomic E-state index is -4.75. The number of hydrogen-bond donors (Lipinski definition) is 0. The Labute approximate surface area is 201 Å². The number of piperidine rings is 1. The van der Waals surface area contributed by atoms with Crippen LogP contribution in [0.15, 0.2) is 35.3 Å². The number of cyclic esters (lactones) is 1. The summed E-state index contributed by atoms with van der Waals surface area (Å²) >= 11 is 6.36. The minimum Gasteiger partial charge on any atom is -0.472 e. The number of ether oxygens (including phenoxy) is 1. The molecule has 1 atom stereocenters. The molecule has 9 nitrogen and oxygen atoms in total. The topological polar surface area (TPSA) is 97.4 Å². The number of imide groups is 1. The summed E-state index contributed by atoms with van der Waals surface area (Å²) in [4.78, 5) is 43.8. The smallest absolute Gasteiger partial charge is 0.420 e. The van der Waals surface area contributed by atoms with E-state index in [9.17, 15) is 27.6 Å². The van der Waals surface area contributed by atoms with Gasteiger partial charge in [0, 0.05) is 36.5 Å². The molecular weight excluding hydrogens is 493 g/mol. The number of amides is 3. The number of imidazole rings is 1. The third-order valence-corrected chi connectivity index (χ3v) is 6.56. The van der Waals surface area contributed by atoms with Gasteiger partial charge in [-0.05, 0) is 31.9 Å². The van der Waals surface area contributed by atoms with Crippen LogP contribution in [0.1, 0.15) is 35.8 Å². The normalized spacial score (nSPS) is 19.6. The van der Waals surface area contributed by atoms with Crippen LogP contribution in [0.5, 0.6) is 0 Å². The number of alkyl halides is 3. The van der Waals surface area contributed by atoms with Crippen molar-refractivity contribution in [3.05, 3.63) is 47.3 Å². The monoisotopic (exact) mass is 510 g/mol. The van der Waals surface area contributed by atoms with Crippen LogP contribution < -0.4 is 0 Å². The van der Waals surface area contributed by atoms with E-state index in [4.69, 9.17) is 20.8 Å². The van der Waals surface area contributed by atoms with Crippen LogP contribution in [0, 0.1) is 0 Å². The molecule has 0 aliphatic carbocycles. The average Bonchev–Trinajstić information content (AvgIpc) is 3.52. The fraction of sp³-hybridized carbons (Fsp3) is 0.364. The highest BCUT2D eigenvalue weighted by molar-refractivity contribution is 6.33. The van der Waals surface area contributed by atoms with E-state index in [0.717, 1.165) is 15.4 Å². The van der Waals surface area contributed by atoms with Crippen molar-refractivity contribution in [1.29, 1.82) is 0 Å². The molecule has 184 valence electrons. The Morgan fingerprint density at radius 2 is 1.91 bits per heavy atom. The lowest BCUT2D eigenvalue weighted by atomic mass is 10.0. The highest BCUT2D eigenvalue weighted by atomic mass is 35.5. The molecule has 0 spiro atoms. The van der Waals surface area contributed by atoms with E-state index < -0.39 is 47.4 Å². The van der Waals surface area contributed by atoms with Crippen molar-refractivity contribution in [2.24, 2.45) is 0 Å². The first kappa shape index (κ1) is 23.2. The number of halogens is 4. The van der Waals surface area contributed by atoms with Crippen molar-refractivity contribution in [2.45, 2.75) is 38.1 Å². The highest BCUT2D eigenvalue weighted by Crippen LogP contribution is 2.37. The van der Waals surface area contributed by atoms with E-state index in [1.807, 2.05) is 0 Å². The molecule has 1 unspecified atom stereocenters. The number of fused-ring (bicyclic) bond motifs is 1. The molecule has 3 aromatic rings. The zero-order valence-electron chi connectivity index (χ0n) is 18.2. The number of furan rings is 1. The second kappa shape index (κ2) is 8.29. The molecule has 2 aliphatic heterocycles. The Hall–Kier alpha value is -3.54. The number of aromatic nitrogens is 2. The van der Waals surface area contributed by atoms with Crippen molar-refractivity contribution < 1.29 is 36.7 Å². The molecule has 2 aliphatic rings. The van der Waals surface area contributed by atoms with Gasteiger partial charge in [0.25, 0.3) is 11.8 Å². The molecule has 0 radical (unpaired) electrons. The number of pyridine rings is 1. The summed E-state index contributed by atoms with van der Waals surface area (Å²) in [5, 5.41) is -0.255. The zero-order chi connectivity index (χ0) is 25.1. The van der Waals surface area contributed by atoms with Gasteiger partial charge < -0.3 is 14.1 Å². The quantitative estimate of drug-likeness (QED) is 0.523. The van der Waals surface area contributed by atoms with Gasteiger partial charge in [-0.2, -0.15) is 13.2 Å². The van der Waals surface area contributed by atoms with Gasteiger partial charge in [-0.1, -0.05) is 11.6 Å². The summed E-state index contributed by atoms with van der Waals surface area (Å²) in [6, 6.07) is 2.00. The van der Waals surface area contributed by atoms with E-state index in [1.54, 1.807) is 0 Å². The van der Waals surface area contributed by atoms with Gasteiger partial charge in [0.1, 0.15) is 5.15 Å². The maximum atomic E-state index is 13.8. The molecule has 2 fully saturated rings. The van der Waals surface area contributed by atoms with E-state index in [2.05, 4.69) is 4.98 Å². The summed E-state index contributed by atoms with van der Waals surface area (Å²) < 4.78 is 52.4.